The molecular weight excluding hydrogens is 280 g/mol. The van der Waals surface area contributed by atoms with E-state index in [0.29, 0.717) is 11.8 Å². The number of carbonyl (C=O) groups excluding carboxylic acids is 1. The summed E-state index contributed by atoms with van der Waals surface area (Å²) in [7, 11) is 2.83. The lowest BCUT2D eigenvalue weighted by molar-refractivity contribution is 0.103. The van der Waals surface area contributed by atoms with Gasteiger partial charge in [-0.1, -0.05) is 0 Å². The molecule has 0 aliphatic carbocycles. The fourth-order valence-corrected chi connectivity index (χ4v) is 1.91. The number of methoxy groups -OCH3 is 2. The van der Waals surface area contributed by atoms with Crippen LogP contribution in [-0.2, 0) is 0 Å². The predicted molar refractivity (Wildman–Crippen MR) is 73.7 cm³/mol. The van der Waals surface area contributed by atoms with Crippen LogP contribution in [0.5, 0.6) is 11.5 Å². The number of halogens is 2. The molecule has 0 heterocycles. The topological polar surface area (TPSA) is 61.5 Å². The minimum atomic E-state index is -0.950. The number of ether oxygens (including phenoxy) is 2. The van der Waals surface area contributed by atoms with Crippen LogP contribution in [0.3, 0.4) is 0 Å². The largest absolute Gasteiger partial charge is 0.493 e. The molecule has 0 saturated heterocycles. The summed E-state index contributed by atoms with van der Waals surface area (Å²) >= 11 is 0. The molecule has 0 aromatic heterocycles. The molecule has 2 N–H and O–H groups in total. The summed E-state index contributed by atoms with van der Waals surface area (Å²) in [5, 5.41) is 0. The molecule has 0 aliphatic rings. The smallest absolute Gasteiger partial charge is 0.198 e. The van der Waals surface area contributed by atoms with Gasteiger partial charge in [0.25, 0.3) is 0 Å². The molecule has 0 fully saturated rings. The summed E-state index contributed by atoms with van der Waals surface area (Å²) in [6.07, 6.45) is 0. The number of carbonyl (C=O) groups is 1. The standard InChI is InChI=1S/C15H13F2NO3/c1-20-13-6-10(12(18)7-14(13)21-2)15(19)9-4-3-8(16)5-11(9)17/h3-7H,18H2,1-2H3. The molecule has 110 valence electrons. The van der Waals surface area contributed by atoms with Gasteiger partial charge in [0.2, 0.25) is 0 Å². The number of anilines is 1. The predicted octanol–water partition coefficient (Wildman–Crippen LogP) is 2.80. The Morgan fingerprint density at radius 1 is 1.00 bits per heavy atom. The van der Waals surface area contributed by atoms with Crippen LogP contribution in [0, 0.1) is 11.6 Å². The molecule has 0 unspecified atom stereocenters. The summed E-state index contributed by atoms with van der Waals surface area (Å²) in [5.41, 5.74) is 5.68. The summed E-state index contributed by atoms with van der Waals surface area (Å²) in [5.74, 6) is -1.73. The van der Waals surface area contributed by atoms with Crippen molar-refractivity contribution in [2.45, 2.75) is 0 Å². The molecule has 0 radical (unpaired) electrons. The molecule has 0 saturated carbocycles. The number of hydrogen-bond acceptors (Lipinski definition) is 4. The maximum Gasteiger partial charge on any atom is 0.198 e. The van der Waals surface area contributed by atoms with Gasteiger partial charge in [0.1, 0.15) is 11.6 Å². The number of hydrogen-bond donors (Lipinski definition) is 1. The molecule has 0 aliphatic heterocycles. The van der Waals surface area contributed by atoms with Gasteiger partial charge in [-0.3, -0.25) is 4.79 Å². The number of rotatable bonds is 4. The van der Waals surface area contributed by atoms with E-state index in [9.17, 15) is 13.6 Å². The van der Waals surface area contributed by atoms with E-state index in [1.165, 1.54) is 26.4 Å². The molecule has 0 amide bonds. The van der Waals surface area contributed by atoms with Crippen molar-refractivity contribution in [2.24, 2.45) is 0 Å². The zero-order chi connectivity index (χ0) is 15.6. The zero-order valence-corrected chi connectivity index (χ0v) is 11.4. The van der Waals surface area contributed by atoms with E-state index >= 15 is 0 Å². The van der Waals surface area contributed by atoms with Gasteiger partial charge >= 0.3 is 0 Å². The van der Waals surface area contributed by atoms with Gasteiger partial charge in [-0.05, 0) is 18.2 Å². The number of benzene rings is 2. The molecule has 0 atom stereocenters. The van der Waals surface area contributed by atoms with Gasteiger partial charge in [0.15, 0.2) is 17.3 Å². The van der Waals surface area contributed by atoms with Gasteiger partial charge in [0.05, 0.1) is 19.8 Å². The van der Waals surface area contributed by atoms with Crippen LogP contribution in [0.1, 0.15) is 15.9 Å². The highest BCUT2D eigenvalue weighted by Crippen LogP contribution is 2.33. The second-order valence-electron chi connectivity index (χ2n) is 4.25. The van der Waals surface area contributed by atoms with Gasteiger partial charge in [-0.15, -0.1) is 0 Å². The maximum absolute atomic E-state index is 13.7. The van der Waals surface area contributed by atoms with Crippen LogP contribution in [0.4, 0.5) is 14.5 Å². The first-order valence-electron chi connectivity index (χ1n) is 5.99. The van der Waals surface area contributed by atoms with E-state index in [1.807, 2.05) is 0 Å². The lowest BCUT2D eigenvalue weighted by Crippen LogP contribution is -2.09. The molecular formula is C15H13F2NO3. The first kappa shape index (κ1) is 14.8. The van der Waals surface area contributed by atoms with Gasteiger partial charge in [-0.25, -0.2) is 8.78 Å². The molecule has 0 bridgehead atoms. The first-order chi connectivity index (χ1) is 9.97. The van der Waals surface area contributed by atoms with Gasteiger partial charge in [0, 0.05) is 23.4 Å². The highest BCUT2D eigenvalue weighted by Gasteiger charge is 2.19. The second kappa shape index (κ2) is 5.78. The van der Waals surface area contributed by atoms with Crippen molar-refractivity contribution in [3.8, 4) is 11.5 Å². The van der Waals surface area contributed by atoms with E-state index < -0.39 is 17.4 Å². The van der Waals surface area contributed by atoms with Crippen molar-refractivity contribution in [1.29, 1.82) is 0 Å². The van der Waals surface area contributed by atoms with Crippen molar-refractivity contribution in [3.05, 3.63) is 53.1 Å². The molecule has 2 aromatic carbocycles. The minimum absolute atomic E-state index is 0.0539. The maximum atomic E-state index is 13.7. The number of nitrogens with two attached hydrogens (primary N) is 1. The van der Waals surface area contributed by atoms with Crippen molar-refractivity contribution in [3.63, 3.8) is 0 Å². The van der Waals surface area contributed by atoms with Crippen LogP contribution < -0.4 is 15.2 Å². The lowest BCUT2D eigenvalue weighted by atomic mass is 10.0. The normalized spacial score (nSPS) is 10.3. The first-order valence-corrected chi connectivity index (χ1v) is 5.99. The van der Waals surface area contributed by atoms with Crippen molar-refractivity contribution in [1.82, 2.24) is 0 Å². The van der Waals surface area contributed by atoms with E-state index in [1.54, 1.807) is 0 Å². The third-order valence-corrected chi connectivity index (χ3v) is 2.98. The summed E-state index contributed by atoms with van der Waals surface area (Å²) in [6, 6.07) is 5.49. The molecule has 0 spiro atoms. The van der Waals surface area contributed by atoms with Gasteiger partial charge in [-0.2, -0.15) is 0 Å². The SMILES string of the molecule is COc1cc(N)c(C(=O)c2ccc(F)cc2F)cc1OC. The van der Waals surface area contributed by atoms with E-state index in [0.717, 1.165) is 12.1 Å². The lowest BCUT2D eigenvalue weighted by Gasteiger charge is -2.12. The Balaban J connectivity index is 2.53. The van der Waals surface area contributed by atoms with Crippen LogP contribution in [0.15, 0.2) is 30.3 Å². The zero-order valence-electron chi connectivity index (χ0n) is 11.4. The van der Waals surface area contributed by atoms with Crippen molar-refractivity contribution >= 4 is 11.5 Å². The Morgan fingerprint density at radius 2 is 1.62 bits per heavy atom. The quantitative estimate of drug-likeness (QED) is 0.695. The number of ketones is 1. The van der Waals surface area contributed by atoms with Crippen molar-refractivity contribution in [2.75, 3.05) is 20.0 Å². The average Bonchev–Trinajstić information content (AvgIpc) is 2.46. The Kier molecular flexibility index (Phi) is 4.07. The average molecular weight is 293 g/mol. The molecule has 4 nitrogen and oxygen atoms in total. The van der Waals surface area contributed by atoms with Crippen LogP contribution >= 0.6 is 0 Å². The van der Waals surface area contributed by atoms with E-state index in [4.69, 9.17) is 15.2 Å². The number of nitrogen functional groups attached to an aromatic ring is 1. The fourth-order valence-electron chi connectivity index (χ4n) is 1.91. The van der Waals surface area contributed by atoms with E-state index in [-0.39, 0.29) is 22.6 Å². The van der Waals surface area contributed by atoms with Crippen molar-refractivity contribution < 1.29 is 23.0 Å². The van der Waals surface area contributed by atoms with Crippen LogP contribution in [-0.4, -0.2) is 20.0 Å². The third kappa shape index (κ3) is 2.79. The Bertz CT molecular complexity index is 702. The summed E-state index contributed by atoms with van der Waals surface area (Å²) < 4.78 is 36.7. The summed E-state index contributed by atoms with van der Waals surface area (Å²) in [6.45, 7) is 0. The van der Waals surface area contributed by atoms with Gasteiger partial charge < -0.3 is 15.2 Å². The minimum Gasteiger partial charge on any atom is -0.493 e. The summed E-state index contributed by atoms with van der Waals surface area (Å²) in [4.78, 5) is 12.3. The Labute approximate surface area is 120 Å². The monoisotopic (exact) mass is 293 g/mol. The molecule has 21 heavy (non-hydrogen) atoms. The highest BCUT2D eigenvalue weighted by molar-refractivity contribution is 6.12. The van der Waals surface area contributed by atoms with Crippen LogP contribution in [0.2, 0.25) is 0 Å². The Hall–Kier alpha value is -2.63. The second-order valence-corrected chi connectivity index (χ2v) is 4.25. The Morgan fingerprint density at radius 3 is 2.19 bits per heavy atom. The molecule has 2 aromatic rings. The third-order valence-electron chi connectivity index (χ3n) is 2.98. The molecule has 6 heteroatoms. The highest BCUT2D eigenvalue weighted by atomic mass is 19.1. The fraction of sp³-hybridized carbons (Fsp3) is 0.133. The molecule has 2 rings (SSSR count). The van der Waals surface area contributed by atoms with E-state index in [2.05, 4.69) is 0 Å². The van der Waals surface area contributed by atoms with Crippen LogP contribution in [0.25, 0.3) is 0 Å².